The predicted octanol–water partition coefficient (Wildman–Crippen LogP) is 1.74. The van der Waals surface area contributed by atoms with Crippen molar-refractivity contribution in [1.29, 1.82) is 0 Å². The zero-order valence-corrected chi connectivity index (χ0v) is 6.23. The second kappa shape index (κ2) is 2.78. The molecule has 12 heavy (non-hydrogen) atoms. The zero-order chi connectivity index (χ0) is 9.35. The number of halogens is 4. The number of rotatable bonds is 1. The van der Waals surface area contributed by atoms with E-state index >= 15 is 0 Å². The maximum atomic E-state index is 11.8. The van der Waals surface area contributed by atoms with Crippen molar-refractivity contribution in [1.82, 2.24) is 9.78 Å². The van der Waals surface area contributed by atoms with Crippen molar-refractivity contribution in [3.63, 3.8) is 0 Å². The second-order valence-electron chi connectivity index (χ2n) is 1.92. The molecule has 0 aromatic carbocycles. The van der Waals surface area contributed by atoms with E-state index in [1.165, 1.54) is 0 Å². The topological polar surface area (TPSA) is 34.9 Å². The van der Waals surface area contributed by atoms with Gasteiger partial charge in [0.05, 0.1) is 11.8 Å². The lowest BCUT2D eigenvalue weighted by Crippen LogP contribution is -2.16. The number of carbonyl (C=O) groups is 1. The highest BCUT2D eigenvalue weighted by Crippen LogP contribution is 2.21. The highest BCUT2D eigenvalue weighted by molar-refractivity contribution is 6.67. The molecule has 0 spiro atoms. The van der Waals surface area contributed by atoms with E-state index in [0.29, 0.717) is 6.20 Å². The van der Waals surface area contributed by atoms with Crippen molar-refractivity contribution in [2.75, 3.05) is 0 Å². The number of hydrogen-bond acceptors (Lipinski definition) is 2. The molecule has 0 aliphatic rings. The molecule has 0 aliphatic heterocycles. The summed E-state index contributed by atoms with van der Waals surface area (Å²) in [6.07, 6.45) is -3.33. The van der Waals surface area contributed by atoms with Gasteiger partial charge in [0, 0.05) is 6.20 Å². The normalized spacial score (nSPS) is 11.7. The van der Waals surface area contributed by atoms with Crippen molar-refractivity contribution in [2.24, 2.45) is 0 Å². The Hall–Kier alpha value is -1.04. The summed E-state index contributed by atoms with van der Waals surface area (Å²) >= 11 is 4.91. The van der Waals surface area contributed by atoms with E-state index in [4.69, 9.17) is 11.6 Å². The molecule has 0 radical (unpaired) electrons. The Balaban J connectivity index is 3.00. The first-order valence-corrected chi connectivity index (χ1v) is 3.11. The molecule has 66 valence electrons. The average molecular weight is 199 g/mol. The molecule has 3 nitrogen and oxygen atoms in total. The molecule has 0 amide bonds. The molecule has 0 bridgehead atoms. The van der Waals surface area contributed by atoms with Gasteiger partial charge < -0.3 is 0 Å². The van der Waals surface area contributed by atoms with Crippen LogP contribution >= 0.6 is 11.6 Å². The van der Waals surface area contributed by atoms with Crippen molar-refractivity contribution < 1.29 is 18.0 Å². The number of alkyl halides is 3. The van der Waals surface area contributed by atoms with E-state index in [2.05, 4.69) is 5.10 Å². The third-order valence-electron chi connectivity index (χ3n) is 1.07. The monoisotopic (exact) mass is 198 g/mol. The predicted molar refractivity (Wildman–Crippen MR) is 33.7 cm³/mol. The Bertz CT molecular complexity index is 306. The highest BCUT2D eigenvalue weighted by atomic mass is 35.5. The number of nitrogens with zero attached hydrogens (tertiary/aromatic N) is 2. The summed E-state index contributed by atoms with van der Waals surface area (Å²) in [6, 6.07) is 0. The first-order valence-electron chi connectivity index (χ1n) is 2.73. The Morgan fingerprint density at radius 3 is 2.42 bits per heavy atom. The standard InChI is InChI=1S/C5H2ClF3N2O/c6-4(12)3-1-10-11(2-3)5(7,8)9/h1-2H. The van der Waals surface area contributed by atoms with Crippen LogP contribution in [0.2, 0.25) is 0 Å². The summed E-state index contributed by atoms with van der Waals surface area (Å²) < 4.78 is 35.1. The quantitative estimate of drug-likeness (QED) is 0.645. The Morgan fingerprint density at radius 2 is 2.17 bits per heavy atom. The molecule has 7 heteroatoms. The zero-order valence-electron chi connectivity index (χ0n) is 5.47. The van der Waals surface area contributed by atoms with Gasteiger partial charge in [0.1, 0.15) is 0 Å². The third-order valence-corrected chi connectivity index (χ3v) is 1.29. The van der Waals surface area contributed by atoms with Crippen LogP contribution in [0.25, 0.3) is 0 Å². The van der Waals surface area contributed by atoms with Crippen molar-refractivity contribution in [3.8, 4) is 0 Å². The van der Waals surface area contributed by atoms with Crippen LogP contribution in [0, 0.1) is 0 Å². The van der Waals surface area contributed by atoms with Gasteiger partial charge >= 0.3 is 6.30 Å². The minimum Gasteiger partial charge on any atom is -0.275 e. The number of carbonyl (C=O) groups excluding carboxylic acids is 1. The molecule has 0 saturated heterocycles. The van der Waals surface area contributed by atoms with Crippen LogP contribution in [-0.2, 0) is 6.30 Å². The molecule has 0 aliphatic carbocycles. The van der Waals surface area contributed by atoms with Gasteiger partial charge in [-0.1, -0.05) is 0 Å². The van der Waals surface area contributed by atoms with E-state index in [-0.39, 0.29) is 10.2 Å². The van der Waals surface area contributed by atoms with Crippen LogP contribution in [0.3, 0.4) is 0 Å². The fourth-order valence-corrected chi connectivity index (χ4v) is 0.661. The fourth-order valence-electron chi connectivity index (χ4n) is 0.563. The molecular formula is C5H2ClF3N2O. The van der Waals surface area contributed by atoms with E-state index in [1.807, 2.05) is 0 Å². The minimum atomic E-state index is -4.61. The number of hydrogen-bond donors (Lipinski definition) is 0. The van der Waals surface area contributed by atoms with Gasteiger partial charge in [0.2, 0.25) is 0 Å². The number of aromatic nitrogens is 2. The maximum absolute atomic E-state index is 11.8. The molecule has 1 rings (SSSR count). The van der Waals surface area contributed by atoms with Gasteiger partial charge in [0.25, 0.3) is 5.24 Å². The van der Waals surface area contributed by atoms with Crippen LogP contribution in [0.15, 0.2) is 12.4 Å². The van der Waals surface area contributed by atoms with E-state index < -0.39 is 11.5 Å². The summed E-state index contributed by atoms with van der Waals surface area (Å²) in [5.41, 5.74) is -0.283. The molecule has 0 fully saturated rings. The van der Waals surface area contributed by atoms with Gasteiger partial charge in [-0.3, -0.25) is 4.79 Å². The molecule has 1 aromatic heterocycles. The van der Waals surface area contributed by atoms with Crippen molar-refractivity contribution in [2.45, 2.75) is 6.30 Å². The summed E-state index contributed by atoms with van der Waals surface area (Å²) in [4.78, 5) is 10.3. The first kappa shape index (κ1) is 9.05. The Morgan fingerprint density at radius 1 is 1.58 bits per heavy atom. The van der Waals surface area contributed by atoms with Crippen molar-refractivity contribution >= 4 is 16.8 Å². The summed E-state index contributed by atoms with van der Waals surface area (Å²) in [5, 5.41) is 1.93. The molecule has 0 unspecified atom stereocenters. The van der Waals surface area contributed by atoms with E-state index in [9.17, 15) is 18.0 Å². The van der Waals surface area contributed by atoms with Gasteiger partial charge in [-0.15, -0.1) is 13.2 Å². The highest BCUT2D eigenvalue weighted by Gasteiger charge is 2.31. The summed E-state index contributed by atoms with van der Waals surface area (Å²) in [5.74, 6) is 0. The summed E-state index contributed by atoms with van der Waals surface area (Å²) in [7, 11) is 0. The van der Waals surface area contributed by atoms with Crippen molar-refractivity contribution in [3.05, 3.63) is 18.0 Å². The van der Waals surface area contributed by atoms with Gasteiger partial charge in [0.15, 0.2) is 0 Å². The van der Waals surface area contributed by atoms with E-state index in [0.717, 1.165) is 6.20 Å². The fraction of sp³-hybridized carbons (Fsp3) is 0.200. The van der Waals surface area contributed by atoms with Crippen LogP contribution in [0.5, 0.6) is 0 Å². The second-order valence-corrected chi connectivity index (χ2v) is 2.26. The molecule has 0 N–H and O–H groups in total. The maximum Gasteiger partial charge on any atom is 0.504 e. The lowest BCUT2D eigenvalue weighted by molar-refractivity contribution is -0.212. The Labute approximate surface area is 69.7 Å². The van der Waals surface area contributed by atoms with Gasteiger partial charge in [-0.2, -0.15) is 9.78 Å². The first-order chi connectivity index (χ1) is 5.41. The average Bonchev–Trinajstić information content (AvgIpc) is 2.30. The minimum absolute atomic E-state index is 0.283. The molecule has 0 saturated carbocycles. The molecule has 0 atom stereocenters. The molecule has 1 aromatic rings. The van der Waals surface area contributed by atoms with Crippen LogP contribution in [0.4, 0.5) is 13.2 Å². The smallest absolute Gasteiger partial charge is 0.275 e. The lowest BCUT2D eigenvalue weighted by atomic mass is 10.4. The lowest BCUT2D eigenvalue weighted by Gasteiger charge is -2.03. The Kier molecular flexibility index (Phi) is 2.10. The van der Waals surface area contributed by atoms with Gasteiger partial charge in [-0.05, 0) is 11.6 Å². The van der Waals surface area contributed by atoms with Crippen LogP contribution in [0.1, 0.15) is 10.4 Å². The molecule has 1 heterocycles. The van der Waals surface area contributed by atoms with Crippen LogP contribution < -0.4 is 0 Å². The SMILES string of the molecule is O=C(Cl)c1cnn(C(F)(F)F)c1. The largest absolute Gasteiger partial charge is 0.504 e. The van der Waals surface area contributed by atoms with Gasteiger partial charge in [-0.25, -0.2) is 0 Å². The van der Waals surface area contributed by atoms with Crippen LogP contribution in [-0.4, -0.2) is 15.0 Å². The summed E-state index contributed by atoms with van der Waals surface area (Å²) in [6.45, 7) is 0. The van der Waals surface area contributed by atoms with E-state index in [1.54, 1.807) is 0 Å². The molecular weight excluding hydrogens is 197 g/mol. The third kappa shape index (κ3) is 1.76.